The van der Waals surface area contributed by atoms with Gasteiger partial charge in [0.2, 0.25) is 0 Å². The number of hydrogen-bond donors (Lipinski definition) is 3. The van der Waals surface area contributed by atoms with Gasteiger partial charge in [0.15, 0.2) is 11.8 Å². The van der Waals surface area contributed by atoms with Crippen LogP contribution in [0, 0.1) is 5.92 Å². The number of hydrogen-bond acceptors (Lipinski definition) is 5. The van der Waals surface area contributed by atoms with Crippen LogP contribution in [0.3, 0.4) is 0 Å². The third kappa shape index (κ3) is 7.62. The second-order valence-corrected chi connectivity index (χ2v) is 8.70. The number of ether oxygens (including phenoxy) is 1. The van der Waals surface area contributed by atoms with Gasteiger partial charge in [-0.3, -0.25) is 4.99 Å². The lowest BCUT2D eigenvalue weighted by Gasteiger charge is -2.32. The van der Waals surface area contributed by atoms with Gasteiger partial charge >= 0.3 is 0 Å². The van der Waals surface area contributed by atoms with Crippen LogP contribution in [0.5, 0.6) is 5.75 Å². The van der Waals surface area contributed by atoms with Crippen LogP contribution in [0.1, 0.15) is 37.1 Å². The molecule has 1 aromatic heterocycles. The predicted molar refractivity (Wildman–Crippen MR) is 151 cm³/mol. The lowest BCUT2D eigenvalue weighted by atomic mass is 9.84. The fraction of sp³-hybridized carbons (Fsp3) is 0.320. The number of aromatic nitrogens is 2. The van der Waals surface area contributed by atoms with Crippen LogP contribution in [0.25, 0.3) is 23.1 Å². The van der Waals surface area contributed by atoms with Gasteiger partial charge in [0.05, 0.1) is 12.6 Å². The number of nitrogens with zero attached hydrogens (tertiary/aromatic N) is 3. The van der Waals surface area contributed by atoms with Gasteiger partial charge in [0, 0.05) is 23.0 Å². The predicted octanol–water partition coefficient (Wildman–Crippen LogP) is 5.55. The molecule has 0 bridgehead atoms. The molecule has 0 radical (unpaired) electrons. The number of fused-ring (bicyclic) bond motifs is 1. The van der Waals surface area contributed by atoms with Gasteiger partial charge < -0.3 is 21.5 Å². The molecule has 0 aliphatic heterocycles. The van der Waals surface area contributed by atoms with E-state index in [1.807, 2.05) is 54.6 Å². The molecule has 2 aromatic carbocycles. The first-order valence-electron chi connectivity index (χ1n) is 11.1. The molecule has 0 saturated heterocycles. The lowest BCUT2D eigenvalue weighted by Crippen LogP contribution is -2.35. The molecule has 5 N–H and O–H groups in total. The van der Waals surface area contributed by atoms with Crippen molar-refractivity contribution in [3.05, 3.63) is 58.9 Å². The number of anilines is 1. The summed E-state index contributed by atoms with van der Waals surface area (Å²) in [5.74, 6) is 2.65. The maximum absolute atomic E-state index is 5.99. The van der Waals surface area contributed by atoms with E-state index in [0.29, 0.717) is 23.3 Å². The van der Waals surface area contributed by atoms with Crippen molar-refractivity contribution in [3.8, 4) is 5.75 Å². The molecular formula is C25H31Cl3N6O. The summed E-state index contributed by atoms with van der Waals surface area (Å²) in [5.41, 5.74) is 13.0. The van der Waals surface area contributed by atoms with Crippen LogP contribution in [-0.2, 0) is 0 Å². The largest absolute Gasteiger partial charge is 0.497 e. The molecule has 7 nitrogen and oxygen atoms in total. The van der Waals surface area contributed by atoms with Gasteiger partial charge in [-0.15, -0.1) is 24.8 Å². The van der Waals surface area contributed by atoms with E-state index in [2.05, 4.69) is 10.3 Å². The molecule has 2 atom stereocenters. The molecule has 1 heterocycles. The van der Waals surface area contributed by atoms with Crippen molar-refractivity contribution in [2.75, 3.05) is 19.0 Å². The first-order chi connectivity index (χ1) is 16.0. The number of guanidine groups is 1. The average molecular weight is 538 g/mol. The Kier molecular flexibility index (Phi) is 10.9. The smallest absolute Gasteiger partial charge is 0.185 e. The Labute approximate surface area is 223 Å². The number of halogens is 3. The summed E-state index contributed by atoms with van der Waals surface area (Å²) in [6.07, 6.45) is 8.34. The molecule has 1 aliphatic carbocycles. The van der Waals surface area contributed by atoms with E-state index < -0.39 is 0 Å². The fourth-order valence-electron chi connectivity index (χ4n) is 4.20. The Hall–Kier alpha value is -2.74. The molecule has 10 heteroatoms. The number of benzene rings is 2. The highest BCUT2D eigenvalue weighted by Gasteiger charge is 2.26. The van der Waals surface area contributed by atoms with Gasteiger partial charge in [-0.05, 0) is 60.7 Å². The molecule has 3 aromatic rings. The van der Waals surface area contributed by atoms with Crippen LogP contribution < -0.4 is 21.5 Å². The molecule has 1 saturated carbocycles. The van der Waals surface area contributed by atoms with Crippen molar-refractivity contribution in [2.45, 2.75) is 31.7 Å². The molecule has 1 fully saturated rings. The summed E-state index contributed by atoms with van der Waals surface area (Å²) in [6, 6.07) is 13.7. The van der Waals surface area contributed by atoms with E-state index in [0.717, 1.165) is 47.3 Å². The molecule has 0 spiro atoms. The molecule has 4 rings (SSSR count). The second-order valence-electron chi connectivity index (χ2n) is 8.26. The maximum atomic E-state index is 5.99. The highest BCUT2D eigenvalue weighted by molar-refractivity contribution is 6.30. The van der Waals surface area contributed by atoms with Crippen LogP contribution in [0.4, 0.5) is 5.82 Å². The summed E-state index contributed by atoms with van der Waals surface area (Å²) in [6.45, 7) is 0.607. The Balaban J connectivity index is 0.00000216. The molecule has 0 amide bonds. The Morgan fingerprint density at radius 2 is 1.83 bits per heavy atom. The van der Waals surface area contributed by atoms with E-state index in [9.17, 15) is 0 Å². The SMILES string of the molecule is COc1ccc2nc(C=Cc3ccc(Cl)cc3)nc(N[C@@H]3CCCC[C@@H]3CN=C(N)N)c2c1.Cl.Cl. The van der Waals surface area contributed by atoms with Gasteiger partial charge in [-0.25, -0.2) is 9.97 Å². The Morgan fingerprint density at radius 3 is 2.54 bits per heavy atom. The van der Waals surface area contributed by atoms with Crippen molar-refractivity contribution in [3.63, 3.8) is 0 Å². The van der Waals surface area contributed by atoms with Crippen LogP contribution in [0.15, 0.2) is 47.5 Å². The van der Waals surface area contributed by atoms with Crippen molar-refractivity contribution >= 4 is 71.2 Å². The molecule has 35 heavy (non-hydrogen) atoms. The summed E-state index contributed by atoms with van der Waals surface area (Å²) in [7, 11) is 1.66. The average Bonchev–Trinajstić information content (AvgIpc) is 2.83. The third-order valence-corrected chi connectivity index (χ3v) is 6.21. The summed E-state index contributed by atoms with van der Waals surface area (Å²) in [5, 5.41) is 5.31. The Bertz CT molecular complexity index is 1170. The topological polar surface area (TPSA) is 111 Å². The minimum absolute atomic E-state index is 0. The van der Waals surface area contributed by atoms with Crippen LogP contribution in [-0.4, -0.2) is 35.6 Å². The van der Waals surface area contributed by atoms with Crippen molar-refractivity contribution in [2.24, 2.45) is 22.4 Å². The third-order valence-electron chi connectivity index (χ3n) is 5.95. The minimum Gasteiger partial charge on any atom is -0.497 e. The molecule has 0 unspecified atom stereocenters. The quantitative estimate of drug-likeness (QED) is 0.269. The first-order valence-corrected chi connectivity index (χ1v) is 11.5. The lowest BCUT2D eigenvalue weighted by molar-refractivity contribution is 0.333. The normalized spacial score (nSPS) is 17.3. The first kappa shape index (κ1) is 28.5. The summed E-state index contributed by atoms with van der Waals surface area (Å²) < 4.78 is 5.44. The number of aliphatic imine (C=N–C) groups is 1. The molecular weight excluding hydrogens is 507 g/mol. The van der Waals surface area contributed by atoms with Gasteiger partial charge in [-0.1, -0.05) is 42.7 Å². The van der Waals surface area contributed by atoms with Gasteiger partial charge in [-0.2, -0.15) is 0 Å². The Morgan fingerprint density at radius 1 is 1.09 bits per heavy atom. The summed E-state index contributed by atoms with van der Waals surface area (Å²) in [4.78, 5) is 13.9. The van der Waals surface area contributed by atoms with E-state index in [1.165, 1.54) is 6.42 Å². The van der Waals surface area contributed by atoms with Crippen molar-refractivity contribution in [1.29, 1.82) is 0 Å². The monoisotopic (exact) mass is 536 g/mol. The standard InChI is InChI=1S/C25H29ClN6O.2ClH/c1-33-19-11-12-22-20(14-19)24(31-21-5-3-2-4-17(21)15-29-25(27)28)32-23(30-22)13-8-16-6-9-18(26)10-7-16;;/h6-14,17,21H,2-5,15H2,1H3,(H4,27,28,29)(H,30,31,32);2*1H/t17-,21-;;/m1../s1. The minimum atomic E-state index is 0. The number of nitrogens with two attached hydrogens (primary N) is 2. The zero-order valence-corrected chi connectivity index (χ0v) is 21.9. The van der Waals surface area contributed by atoms with Crippen molar-refractivity contribution < 1.29 is 4.74 Å². The number of rotatable bonds is 7. The zero-order chi connectivity index (χ0) is 23.2. The van der Waals surface area contributed by atoms with E-state index in [4.69, 9.17) is 37.8 Å². The number of methoxy groups -OCH3 is 1. The fourth-order valence-corrected chi connectivity index (χ4v) is 4.32. The second kappa shape index (κ2) is 13.4. The summed E-state index contributed by atoms with van der Waals surface area (Å²) >= 11 is 5.99. The van der Waals surface area contributed by atoms with Crippen LogP contribution >= 0.6 is 36.4 Å². The van der Waals surface area contributed by atoms with Crippen LogP contribution in [0.2, 0.25) is 5.02 Å². The molecule has 188 valence electrons. The highest BCUT2D eigenvalue weighted by Crippen LogP contribution is 2.31. The number of nitrogens with one attached hydrogen (secondary N) is 1. The van der Waals surface area contributed by atoms with E-state index in [1.54, 1.807) is 7.11 Å². The van der Waals surface area contributed by atoms with Crippen molar-refractivity contribution in [1.82, 2.24) is 9.97 Å². The highest BCUT2D eigenvalue weighted by atomic mass is 35.5. The zero-order valence-electron chi connectivity index (χ0n) is 19.5. The van der Waals surface area contributed by atoms with Gasteiger partial charge in [0.1, 0.15) is 11.6 Å². The van der Waals surface area contributed by atoms with E-state index in [-0.39, 0.29) is 36.8 Å². The van der Waals surface area contributed by atoms with Gasteiger partial charge in [0.25, 0.3) is 0 Å². The molecule has 1 aliphatic rings. The van der Waals surface area contributed by atoms with E-state index >= 15 is 0 Å². The maximum Gasteiger partial charge on any atom is 0.185 e.